The van der Waals surface area contributed by atoms with E-state index >= 15 is 0 Å². The van der Waals surface area contributed by atoms with Gasteiger partial charge in [0, 0.05) is 32.7 Å². The van der Waals surface area contributed by atoms with Crippen LogP contribution in [0.2, 0.25) is 0 Å². The second kappa shape index (κ2) is 11.2. The summed E-state index contributed by atoms with van der Waals surface area (Å²) in [6, 6.07) is 25.6. The quantitative estimate of drug-likeness (QED) is 0.419. The molecule has 0 bridgehead atoms. The highest BCUT2D eigenvalue weighted by Crippen LogP contribution is 2.21. The predicted molar refractivity (Wildman–Crippen MR) is 132 cm³/mol. The Balaban J connectivity index is 1.41. The number of fused-ring (bicyclic) bond motifs is 1. The van der Waals surface area contributed by atoms with Crippen LogP contribution in [0.25, 0.3) is 10.8 Å². The Morgan fingerprint density at radius 3 is 2.48 bits per heavy atom. The summed E-state index contributed by atoms with van der Waals surface area (Å²) in [5.41, 5.74) is 2.56. The van der Waals surface area contributed by atoms with Crippen LogP contribution >= 0.6 is 12.2 Å². The Kier molecular flexibility index (Phi) is 7.88. The predicted octanol–water partition coefficient (Wildman–Crippen LogP) is 4.44. The van der Waals surface area contributed by atoms with Crippen molar-refractivity contribution in [2.24, 2.45) is 0 Å². The lowest BCUT2D eigenvalue weighted by Gasteiger charge is -2.28. The fourth-order valence-electron chi connectivity index (χ4n) is 4.07. The fraction of sp³-hybridized carbons (Fsp3) is 0.346. The van der Waals surface area contributed by atoms with Gasteiger partial charge in [-0.05, 0) is 47.1 Å². The minimum atomic E-state index is 0.783. The summed E-state index contributed by atoms with van der Waals surface area (Å²) in [5, 5.41) is 6.89. The van der Waals surface area contributed by atoms with Crippen molar-refractivity contribution in [1.29, 1.82) is 0 Å². The van der Waals surface area contributed by atoms with Gasteiger partial charge in [-0.3, -0.25) is 4.90 Å². The zero-order valence-electron chi connectivity index (χ0n) is 18.0. The maximum atomic E-state index is 5.85. The zero-order valence-corrected chi connectivity index (χ0v) is 18.8. The highest BCUT2D eigenvalue weighted by atomic mass is 32.1. The molecular weight excluding hydrogens is 402 g/mol. The number of thiocarbonyl (C=S) groups is 1. The molecule has 0 aliphatic carbocycles. The van der Waals surface area contributed by atoms with Gasteiger partial charge in [-0.15, -0.1) is 0 Å². The molecule has 5 heteroatoms. The minimum Gasteiger partial charge on any atom is -0.379 e. The summed E-state index contributed by atoms with van der Waals surface area (Å²) in [7, 11) is 0. The third-order valence-electron chi connectivity index (χ3n) is 5.78. The third-order valence-corrected chi connectivity index (χ3v) is 6.18. The zero-order chi connectivity index (χ0) is 21.3. The van der Waals surface area contributed by atoms with Crippen molar-refractivity contribution in [3.05, 3.63) is 83.9 Å². The molecule has 3 aromatic rings. The van der Waals surface area contributed by atoms with Crippen molar-refractivity contribution < 1.29 is 4.74 Å². The van der Waals surface area contributed by atoms with Crippen LogP contribution in [0.4, 0.5) is 0 Å². The molecule has 3 aromatic carbocycles. The lowest BCUT2D eigenvalue weighted by Crippen LogP contribution is -2.41. The van der Waals surface area contributed by atoms with Crippen LogP contribution in [-0.4, -0.2) is 54.3 Å². The molecule has 1 saturated heterocycles. The van der Waals surface area contributed by atoms with E-state index in [2.05, 4.69) is 87.9 Å². The first-order chi connectivity index (χ1) is 15.3. The minimum absolute atomic E-state index is 0.783. The van der Waals surface area contributed by atoms with Crippen molar-refractivity contribution in [2.45, 2.75) is 19.5 Å². The lowest BCUT2D eigenvalue weighted by molar-refractivity contribution is 0.0376. The lowest BCUT2D eigenvalue weighted by atomic mass is 10.0. The van der Waals surface area contributed by atoms with Crippen LogP contribution in [0.5, 0.6) is 0 Å². The molecule has 0 radical (unpaired) electrons. The summed E-state index contributed by atoms with van der Waals surface area (Å²) in [5.74, 6) is 0. The first-order valence-electron chi connectivity index (χ1n) is 11.1. The Morgan fingerprint density at radius 2 is 1.65 bits per heavy atom. The summed E-state index contributed by atoms with van der Waals surface area (Å²) in [4.78, 5) is 4.74. The van der Waals surface area contributed by atoms with Gasteiger partial charge < -0.3 is 15.0 Å². The highest BCUT2D eigenvalue weighted by Gasteiger charge is 2.14. The number of hydrogen-bond donors (Lipinski definition) is 1. The SMILES string of the molecule is S=C(NCCCN1CCOCC1)N(Cc1ccccc1)Cc1cccc2ccccc12. The van der Waals surface area contributed by atoms with E-state index in [1.165, 1.54) is 21.9 Å². The van der Waals surface area contributed by atoms with Crippen LogP contribution in [0.1, 0.15) is 17.5 Å². The highest BCUT2D eigenvalue weighted by molar-refractivity contribution is 7.80. The topological polar surface area (TPSA) is 27.7 Å². The van der Waals surface area contributed by atoms with Crippen molar-refractivity contribution in [3.8, 4) is 0 Å². The van der Waals surface area contributed by atoms with E-state index in [4.69, 9.17) is 17.0 Å². The summed E-state index contributed by atoms with van der Waals surface area (Å²) in [6.07, 6.45) is 1.08. The largest absolute Gasteiger partial charge is 0.379 e. The Bertz CT molecular complexity index is 967. The van der Waals surface area contributed by atoms with E-state index in [9.17, 15) is 0 Å². The summed E-state index contributed by atoms with van der Waals surface area (Å²) in [6.45, 7) is 7.31. The van der Waals surface area contributed by atoms with Gasteiger partial charge in [0.05, 0.1) is 13.2 Å². The smallest absolute Gasteiger partial charge is 0.169 e. The number of morpholine rings is 1. The molecule has 0 spiro atoms. The average Bonchev–Trinajstić information content (AvgIpc) is 2.83. The van der Waals surface area contributed by atoms with Gasteiger partial charge in [-0.1, -0.05) is 72.8 Å². The average molecular weight is 434 g/mol. The number of ether oxygens (including phenoxy) is 1. The number of nitrogens with zero attached hydrogens (tertiary/aromatic N) is 2. The second-order valence-electron chi connectivity index (χ2n) is 8.02. The van der Waals surface area contributed by atoms with Gasteiger partial charge >= 0.3 is 0 Å². The Labute approximate surface area is 190 Å². The first kappa shape index (κ1) is 21.8. The van der Waals surface area contributed by atoms with Crippen LogP contribution in [0, 0.1) is 0 Å². The Morgan fingerprint density at radius 1 is 0.903 bits per heavy atom. The molecule has 1 N–H and O–H groups in total. The van der Waals surface area contributed by atoms with Gasteiger partial charge in [0.2, 0.25) is 0 Å². The first-order valence-corrected chi connectivity index (χ1v) is 11.5. The van der Waals surface area contributed by atoms with Gasteiger partial charge in [0.25, 0.3) is 0 Å². The molecule has 0 saturated carbocycles. The van der Waals surface area contributed by atoms with Gasteiger partial charge in [-0.25, -0.2) is 0 Å². The summed E-state index contributed by atoms with van der Waals surface area (Å²) >= 11 is 5.85. The number of benzene rings is 3. The molecular formula is C26H31N3OS. The number of nitrogens with one attached hydrogen (secondary N) is 1. The molecule has 4 nitrogen and oxygen atoms in total. The van der Waals surface area contributed by atoms with E-state index in [0.717, 1.165) is 64.0 Å². The number of hydrogen-bond acceptors (Lipinski definition) is 3. The molecule has 0 amide bonds. The standard InChI is InChI=1S/C26H31N3OS/c31-26(27-14-7-15-28-16-18-30-19-17-28)29(20-22-8-2-1-3-9-22)21-24-12-6-11-23-10-4-5-13-25(23)24/h1-6,8-13H,7,14-21H2,(H,27,31). The normalized spacial score (nSPS) is 14.5. The molecule has 1 fully saturated rings. The van der Waals surface area contributed by atoms with Crippen molar-refractivity contribution >= 4 is 28.1 Å². The van der Waals surface area contributed by atoms with Crippen LogP contribution in [-0.2, 0) is 17.8 Å². The fourth-order valence-corrected chi connectivity index (χ4v) is 4.31. The molecule has 31 heavy (non-hydrogen) atoms. The molecule has 0 unspecified atom stereocenters. The second-order valence-corrected chi connectivity index (χ2v) is 8.41. The monoisotopic (exact) mass is 433 g/mol. The third kappa shape index (κ3) is 6.26. The van der Waals surface area contributed by atoms with Crippen LogP contribution in [0.15, 0.2) is 72.8 Å². The molecule has 1 aliphatic rings. The van der Waals surface area contributed by atoms with Gasteiger partial charge in [-0.2, -0.15) is 0 Å². The molecule has 0 aromatic heterocycles. The summed E-state index contributed by atoms with van der Waals surface area (Å²) < 4.78 is 5.43. The molecule has 0 atom stereocenters. The van der Waals surface area contributed by atoms with Crippen molar-refractivity contribution in [3.63, 3.8) is 0 Å². The Hall–Kier alpha value is -2.47. The maximum absolute atomic E-state index is 5.85. The molecule has 1 heterocycles. The van der Waals surface area contributed by atoms with E-state index in [1.54, 1.807) is 0 Å². The number of rotatable bonds is 8. The van der Waals surface area contributed by atoms with Crippen LogP contribution < -0.4 is 5.32 Å². The van der Waals surface area contributed by atoms with E-state index in [-0.39, 0.29) is 0 Å². The van der Waals surface area contributed by atoms with Gasteiger partial charge in [0.1, 0.15) is 0 Å². The molecule has 1 aliphatic heterocycles. The van der Waals surface area contributed by atoms with Crippen LogP contribution in [0.3, 0.4) is 0 Å². The molecule has 162 valence electrons. The van der Waals surface area contributed by atoms with Crippen molar-refractivity contribution in [1.82, 2.24) is 15.1 Å². The van der Waals surface area contributed by atoms with E-state index in [1.807, 2.05) is 0 Å². The van der Waals surface area contributed by atoms with E-state index in [0.29, 0.717) is 0 Å². The van der Waals surface area contributed by atoms with Crippen molar-refractivity contribution in [2.75, 3.05) is 39.4 Å². The molecule has 4 rings (SSSR count). The van der Waals surface area contributed by atoms with E-state index < -0.39 is 0 Å². The van der Waals surface area contributed by atoms with Gasteiger partial charge in [0.15, 0.2) is 5.11 Å². The maximum Gasteiger partial charge on any atom is 0.169 e.